The van der Waals surface area contributed by atoms with Crippen LogP contribution >= 0.6 is 0 Å². The van der Waals surface area contributed by atoms with Crippen molar-refractivity contribution in [2.75, 3.05) is 25.6 Å². The van der Waals surface area contributed by atoms with Crippen LogP contribution in [0.2, 0.25) is 0 Å². The van der Waals surface area contributed by atoms with Crippen molar-refractivity contribution >= 4 is 23.0 Å². The third-order valence-corrected chi connectivity index (χ3v) is 4.79. The van der Waals surface area contributed by atoms with E-state index in [1.165, 1.54) is 6.33 Å². The van der Waals surface area contributed by atoms with E-state index in [-0.39, 0.29) is 35.5 Å². The summed E-state index contributed by atoms with van der Waals surface area (Å²) in [5.74, 6) is -0.540. The predicted molar refractivity (Wildman–Crippen MR) is 103 cm³/mol. The molecule has 0 saturated carbocycles. The average molecular weight is 409 g/mol. The van der Waals surface area contributed by atoms with Crippen LogP contribution in [0.15, 0.2) is 11.1 Å². The van der Waals surface area contributed by atoms with Gasteiger partial charge in [-0.25, -0.2) is 4.98 Å². The summed E-state index contributed by atoms with van der Waals surface area (Å²) < 4.78 is 18.3. The summed E-state index contributed by atoms with van der Waals surface area (Å²) in [5, 5.41) is 13.2. The maximum Gasteiger partial charge on any atom is 0.280 e. The van der Waals surface area contributed by atoms with Gasteiger partial charge in [0.2, 0.25) is 11.9 Å². The smallest absolute Gasteiger partial charge is 0.280 e. The minimum atomic E-state index is -0.860. The number of aliphatic hydroxyl groups excluding tert-OH is 1. The van der Waals surface area contributed by atoms with Crippen molar-refractivity contribution in [2.24, 2.45) is 5.92 Å². The highest BCUT2D eigenvalue weighted by atomic mass is 16.6. The van der Waals surface area contributed by atoms with E-state index in [9.17, 15) is 14.7 Å². The second-order valence-electron chi connectivity index (χ2n) is 7.17. The van der Waals surface area contributed by atoms with E-state index in [1.807, 2.05) is 6.92 Å². The summed E-state index contributed by atoms with van der Waals surface area (Å²) in [6.45, 7) is 6.00. The Morgan fingerprint density at radius 2 is 2.21 bits per heavy atom. The Labute approximate surface area is 167 Å². The lowest BCUT2D eigenvalue weighted by Crippen LogP contribution is -2.35. The first-order chi connectivity index (χ1) is 13.9. The van der Waals surface area contributed by atoms with E-state index in [4.69, 9.17) is 14.2 Å². The van der Waals surface area contributed by atoms with Gasteiger partial charge in [-0.1, -0.05) is 20.8 Å². The summed E-state index contributed by atoms with van der Waals surface area (Å²) in [6, 6.07) is 0. The maximum absolute atomic E-state index is 12.4. The number of aromatic amines is 1. The minimum Gasteiger partial charge on any atom is -0.388 e. The molecular weight excluding hydrogens is 382 g/mol. The summed E-state index contributed by atoms with van der Waals surface area (Å²) >= 11 is 0. The Morgan fingerprint density at radius 1 is 1.45 bits per heavy atom. The number of anilines is 1. The van der Waals surface area contributed by atoms with Gasteiger partial charge in [0.05, 0.1) is 25.6 Å². The van der Waals surface area contributed by atoms with Gasteiger partial charge in [0.15, 0.2) is 17.4 Å². The number of carbonyl (C=O) groups is 1. The number of aliphatic hydroxyl groups is 1. The first-order valence-electron chi connectivity index (χ1n) is 9.59. The fourth-order valence-corrected chi connectivity index (χ4v) is 3.16. The van der Waals surface area contributed by atoms with E-state index in [0.717, 1.165) is 0 Å². The van der Waals surface area contributed by atoms with Gasteiger partial charge in [0, 0.05) is 13.0 Å². The van der Waals surface area contributed by atoms with Crippen molar-refractivity contribution in [3.63, 3.8) is 0 Å². The van der Waals surface area contributed by atoms with Crippen LogP contribution in [0.4, 0.5) is 5.95 Å². The van der Waals surface area contributed by atoms with Gasteiger partial charge in [-0.05, 0) is 6.42 Å². The van der Waals surface area contributed by atoms with E-state index in [2.05, 4.69) is 20.3 Å². The number of H-pyrrole nitrogens is 1. The number of imidazole rings is 1. The molecule has 1 fully saturated rings. The number of rotatable bonds is 8. The Bertz CT molecular complexity index is 910. The van der Waals surface area contributed by atoms with Gasteiger partial charge in [-0.15, -0.1) is 0 Å². The largest absolute Gasteiger partial charge is 0.388 e. The molecule has 0 spiro atoms. The minimum absolute atomic E-state index is 0.0189. The number of ether oxygens (including phenoxy) is 3. The molecule has 2 aromatic heterocycles. The molecule has 3 heterocycles. The number of amides is 1. The van der Waals surface area contributed by atoms with Crippen molar-refractivity contribution in [1.29, 1.82) is 0 Å². The molecule has 1 saturated heterocycles. The third kappa shape index (κ3) is 4.32. The molecule has 0 radical (unpaired) electrons. The zero-order chi connectivity index (χ0) is 21.1. The molecule has 11 nitrogen and oxygen atoms in total. The van der Waals surface area contributed by atoms with Gasteiger partial charge in [-0.2, -0.15) is 4.98 Å². The lowest BCUT2D eigenvalue weighted by atomic mass is 10.1. The van der Waals surface area contributed by atoms with Gasteiger partial charge in [0.25, 0.3) is 5.56 Å². The first kappa shape index (κ1) is 21.4. The molecule has 0 bridgehead atoms. The zero-order valence-corrected chi connectivity index (χ0v) is 16.9. The SMILES string of the molecule is CC[C@H]1O[C@@H](n2cnc3c(=O)[nH]c(NC(=O)C(C)C)nc32)[C@@H](OCCOC)C1O. The van der Waals surface area contributed by atoms with Crippen LogP contribution in [0.25, 0.3) is 11.2 Å². The standard InChI is InChI=1S/C18H27N5O6/c1-5-10-12(24)13(28-7-6-27-4)17(29-10)23-8-19-11-14(23)20-18(22-16(11)26)21-15(25)9(2)3/h8-10,12-13,17,24H,5-7H2,1-4H3,(H2,20,21,22,25,26)/t10-,12?,13+,17-/m1/s1. The van der Waals surface area contributed by atoms with E-state index < -0.39 is 30.1 Å². The number of carbonyl (C=O) groups excluding carboxylic acids is 1. The molecule has 1 aliphatic heterocycles. The molecule has 3 rings (SSSR count). The molecule has 160 valence electrons. The van der Waals surface area contributed by atoms with Crippen LogP contribution in [-0.4, -0.2) is 69.2 Å². The summed E-state index contributed by atoms with van der Waals surface area (Å²) in [6.07, 6.45) is -0.725. The number of fused-ring (bicyclic) bond motifs is 1. The Morgan fingerprint density at radius 3 is 2.86 bits per heavy atom. The van der Waals surface area contributed by atoms with Gasteiger partial charge >= 0.3 is 0 Å². The van der Waals surface area contributed by atoms with Crippen molar-refractivity contribution in [2.45, 2.75) is 51.7 Å². The van der Waals surface area contributed by atoms with Crippen LogP contribution in [0.3, 0.4) is 0 Å². The highest BCUT2D eigenvalue weighted by molar-refractivity contribution is 5.91. The summed E-state index contributed by atoms with van der Waals surface area (Å²) in [4.78, 5) is 35.4. The first-order valence-corrected chi connectivity index (χ1v) is 9.59. The Hall–Kier alpha value is -2.34. The van der Waals surface area contributed by atoms with Crippen LogP contribution in [-0.2, 0) is 19.0 Å². The van der Waals surface area contributed by atoms with E-state index in [0.29, 0.717) is 13.0 Å². The number of nitrogens with zero attached hydrogens (tertiary/aromatic N) is 3. The fourth-order valence-electron chi connectivity index (χ4n) is 3.16. The quantitative estimate of drug-likeness (QED) is 0.533. The van der Waals surface area contributed by atoms with E-state index in [1.54, 1.807) is 25.5 Å². The topological polar surface area (TPSA) is 141 Å². The van der Waals surface area contributed by atoms with E-state index >= 15 is 0 Å². The molecule has 1 aliphatic rings. The van der Waals surface area contributed by atoms with Crippen molar-refractivity contribution in [1.82, 2.24) is 19.5 Å². The highest BCUT2D eigenvalue weighted by Crippen LogP contribution is 2.34. The molecule has 1 unspecified atom stereocenters. The summed E-state index contributed by atoms with van der Waals surface area (Å²) in [7, 11) is 1.56. The van der Waals surface area contributed by atoms with Crippen LogP contribution in [0.1, 0.15) is 33.4 Å². The number of methoxy groups -OCH3 is 1. The molecule has 11 heteroatoms. The summed E-state index contributed by atoms with van der Waals surface area (Å²) in [5.41, 5.74) is -0.168. The average Bonchev–Trinajstić information content (AvgIpc) is 3.23. The Balaban J connectivity index is 1.97. The third-order valence-electron chi connectivity index (χ3n) is 4.79. The van der Waals surface area contributed by atoms with Crippen LogP contribution in [0.5, 0.6) is 0 Å². The molecule has 3 N–H and O–H groups in total. The second-order valence-corrected chi connectivity index (χ2v) is 7.17. The Kier molecular flexibility index (Phi) is 6.63. The van der Waals surface area contributed by atoms with Gasteiger partial charge in [0.1, 0.15) is 12.2 Å². The number of nitrogens with one attached hydrogen (secondary N) is 2. The van der Waals surface area contributed by atoms with Gasteiger partial charge in [-0.3, -0.25) is 24.5 Å². The van der Waals surface area contributed by atoms with Crippen LogP contribution < -0.4 is 10.9 Å². The lowest BCUT2D eigenvalue weighted by molar-refractivity contribution is -0.118. The van der Waals surface area contributed by atoms with Crippen molar-refractivity contribution < 1.29 is 24.1 Å². The number of hydrogen-bond acceptors (Lipinski definition) is 8. The van der Waals surface area contributed by atoms with Crippen molar-refractivity contribution in [3.05, 3.63) is 16.7 Å². The number of aromatic nitrogens is 4. The molecule has 0 aromatic carbocycles. The molecular formula is C18H27N5O6. The number of hydrogen-bond donors (Lipinski definition) is 3. The molecule has 1 amide bonds. The highest BCUT2D eigenvalue weighted by Gasteiger charge is 2.45. The lowest BCUT2D eigenvalue weighted by Gasteiger charge is -2.22. The maximum atomic E-state index is 12.4. The normalized spacial score (nSPS) is 24.5. The monoisotopic (exact) mass is 409 g/mol. The molecule has 4 atom stereocenters. The van der Waals surface area contributed by atoms with Gasteiger partial charge < -0.3 is 19.3 Å². The van der Waals surface area contributed by atoms with Crippen molar-refractivity contribution in [3.8, 4) is 0 Å². The second kappa shape index (κ2) is 8.99. The predicted octanol–water partition coefficient (Wildman–Crippen LogP) is 0.414. The molecule has 29 heavy (non-hydrogen) atoms. The molecule has 0 aliphatic carbocycles. The van der Waals surface area contributed by atoms with Crippen LogP contribution in [0, 0.1) is 5.92 Å². The molecule has 2 aromatic rings. The fraction of sp³-hybridized carbons (Fsp3) is 0.667. The zero-order valence-electron chi connectivity index (χ0n) is 16.9.